The van der Waals surface area contributed by atoms with Crippen LogP contribution in [0, 0.1) is 6.92 Å². The highest BCUT2D eigenvalue weighted by molar-refractivity contribution is 7.08. The predicted molar refractivity (Wildman–Crippen MR) is 120 cm³/mol. The van der Waals surface area contributed by atoms with E-state index < -0.39 is 0 Å². The average Bonchev–Trinajstić information content (AvgIpc) is 3.31. The largest absolute Gasteiger partial charge is 0.293 e. The molecule has 142 valence electrons. The van der Waals surface area contributed by atoms with Gasteiger partial charge in [0.2, 0.25) is 0 Å². The molecule has 0 amide bonds. The van der Waals surface area contributed by atoms with Gasteiger partial charge in [-0.1, -0.05) is 60.2 Å². The molecular formula is C26H27NS. The Morgan fingerprint density at radius 1 is 0.893 bits per heavy atom. The molecule has 2 bridgehead atoms. The van der Waals surface area contributed by atoms with Crippen LogP contribution in [0.4, 0.5) is 0 Å². The fraction of sp³-hybridized carbons (Fsp3) is 0.308. The monoisotopic (exact) mass is 385 g/mol. The summed E-state index contributed by atoms with van der Waals surface area (Å²) in [6.45, 7) is 3.35. The number of piperidine rings is 1. The minimum Gasteiger partial charge on any atom is -0.293 e. The zero-order valence-corrected chi connectivity index (χ0v) is 17.3. The lowest BCUT2D eigenvalue weighted by Gasteiger charge is -2.37. The van der Waals surface area contributed by atoms with Gasteiger partial charge in [0.1, 0.15) is 0 Å². The molecule has 2 saturated heterocycles. The molecule has 3 aromatic rings. The molecule has 0 spiro atoms. The molecule has 28 heavy (non-hydrogen) atoms. The quantitative estimate of drug-likeness (QED) is 0.484. The maximum absolute atomic E-state index is 2.79. The molecule has 0 N–H and O–H groups in total. The van der Waals surface area contributed by atoms with Crippen molar-refractivity contribution in [3.63, 3.8) is 0 Å². The van der Waals surface area contributed by atoms with Crippen LogP contribution in [0.2, 0.25) is 0 Å². The van der Waals surface area contributed by atoms with Crippen LogP contribution in [-0.4, -0.2) is 17.0 Å². The van der Waals surface area contributed by atoms with Gasteiger partial charge < -0.3 is 0 Å². The van der Waals surface area contributed by atoms with E-state index in [0.29, 0.717) is 12.1 Å². The fourth-order valence-corrected chi connectivity index (χ4v) is 5.79. The lowest BCUT2D eigenvalue weighted by atomic mass is 9.86. The van der Waals surface area contributed by atoms with E-state index in [9.17, 15) is 0 Å². The third kappa shape index (κ3) is 3.36. The first-order valence-electron chi connectivity index (χ1n) is 10.4. The topological polar surface area (TPSA) is 3.24 Å². The first-order valence-corrected chi connectivity index (χ1v) is 11.3. The highest BCUT2D eigenvalue weighted by Crippen LogP contribution is 2.43. The average molecular weight is 386 g/mol. The van der Waals surface area contributed by atoms with Gasteiger partial charge in [-0.05, 0) is 77.3 Å². The van der Waals surface area contributed by atoms with Crippen LogP contribution in [0.3, 0.4) is 0 Å². The molecular weight excluding hydrogens is 358 g/mol. The minimum atomic E-state index is 0.686. The van der Waals surface area contributed by atoms with Crippen LogP contribution in [0.15, 0.2) is 77.0 Å². The van der Waals surface area contributed by atoms with Crippen molar-refractivity contribution in [1.82, 2.24) is 4.90 Å². The summed E-state index contributed by atoms with van der Waals surface area (Å²) in [6.07, 6.45) is 5.10. The Labute approximate surface area is 172 Å². The number of aryl methyl sites for hydroxylation is 1. The van der Waals surface area contributed by atoms with Crippen LogP contribution < -0.4 is 0 Å². The normalized spacial score (nSPS) is 21.8. The van der Waals surface area contributed by atoms with E-state index in [1.807, 2.05) is 0 Å². The highest BCUT2D eigenvalue weighted by atomic mass is 32.1. The van der Waals surface area contributed by atoms with E-state index in [0.717, 1.165) is 6.54 Å². The summed E-state index contributed by atoms with van der Waals surface area (Å²) in [5.41, 5.74) is 8.85. The molecule has 2 aliphatic heterocycles. The minimum absolute atomic E-state index is 0.686. The molecule has 2 unspecified atom stereocenters. The molecule has 2 atom stereocenters. The Bertz CT molecular complexity index is 955. The fourth-order valence-electron chi connectivity index (χ4n) is 5.14. The van der Waals surface area contributed by atoms with E-state index in [-0.39, 0.29) is 0 Å². The Hall–Kier alpha value is -2.16. The third-order valence-electron chi connectivity index (χ3n) is 6.58. The first-order chi connectivity index (χ1) is 13.8. The van der Waals surface area contributed by atoms with Crippen LogP contribution in [0.5, 0.6) is 0 Å². The molecule has 0 saturated carbocycles. The number of fused-ring (bicyclic) bond motifs is 2. The second-order valence-corrected chi connectivity index (χ2v) is 9.03. The van der Waals surface area contributed by atoms with Gasteiger partial charge in [-0.3, -0.25) is 4.90 Å². The molecule has 1 aromatic heterocycles. The maximum atomic E-state index is 2.79. The summed E-state index contributed by atoms with van der Waals surface area (Å²) in [7, 11) is 0. The van der Waals surface area contributed by atoms with Crippen molar-refractivity contribution in [2.45, 2.75) is 51.2 Å². The zero-order chi connectivity index (χ0) is 18.9. The molecule has 0 aliphatic carbocycles. The molecule has 1 nitrogen and oxygen atoms in total. The standard InChI is InChI=1S/C26H27NS/c1-19-7-5-6-10-21(19)17-27-24-11-12-25(27)16-23(15-24)26(22-13-14-28-18-22)20-8-3-2-4-9-20/h2-10,13-14,18,24-25H,11-12,15-17H2,1H3. The molecule has 0 radical (unpaired) electrons. The van der Waals surface area contributed by atoms with Gasteiger partial charge in [0, 0.05) is 18.6 Å². The van der Waals surface area contributed by atoms with Crippen LogP contribution in [-0.2, 0) is 6.54 Å². The van der Waals surface area contributed by atoms with Crippen molar-refractivity contribution < 1.29 is 0 Å². The highest BCUT2D eigenvalue weighted by Gasteiger charge is 2.39. The van der Waals surface area contributed by atoms with Crippen molar-refractivity contribution in [3.05, 3.63) is 99.3 Å². The molecule has 2 heteroatoms. The van der Waals surface area contributed by atoms with Gasteiger partial charge in [-0.2, -0.15) is 11.3 Å². The molecule has 2 aromatic carbocycles. The Morgan fingerprint density at radius 2 is 1.61 bits per heavy atom. The number of rotatable bonds is 4. The zero-order valence-electron chi connectivity index (χ0n) is 16.5. The van der Waals surface area contributed by atoms with Crippen LogP contribution in [0.25, 0.3) is 5.57 Å². The van der Waals surface area contributed by atoms with Gasteiger partial charge in [-0.25, -0.2) is 0 Å². The summed E-state index contributed by atoms with van der Waals surface area (Å²) in [5.74, 6) is 0. The Kier molecular flexibility index (Phi) is 4.92. The second kappa shape index (κ2) is 7.69. The van der Waals surface area contributed by atoms with E-state index >= 15 is 0 Å². The maximum Gasteiger partial charge on any atom is 0.0242 e. The van der Waals surface area contributed by atoms with Crippen molar-refractivity contribution in [3.8, 4) is 0 Å². The first kappa shape index (κ1) is 17.9. The lowest BCUT2D eigenvalue weighted by Crippen LogP contribution is -2.40. The number of nitrogens with zero attached hydrogens (tertiary/aromatic N) is 1. The number of benzene rings is 2. The molecule has 5 rings (SSSR count). The summed E-state index contributed by atoms with van der Waals surface area (Å²) in [4.78, 5) is 2.79. The molecule has 3 heterocycles. The second-order valence-electron chi connectivity index (χ2n) is 8.25. The van der Waals surface area contributed by atoms with Crippen molar-refractivity contribution >= 4 is 16.9 Å². The number of hydrogen-bond donors (Lipinski definition) is 0. The lowest BCUT2D eigenvalue weighted by molar-refractivity contribution is 0.157. The van der Waals surface area contributed by atoms with Crippen molar-refractivity contribution in [2.24, 2.45) is 0 Å². The van der Waals surface area contributed by atoms with E-state index in [1.54, 1.807) is 16.9 Å². The van der Waals surface area contributed by atoms with Gasteiger partial charge in [-0.15, -0.1) is 0 Å². The van der Waals surface area contributed by atoms with E-state index in [1.165, 1.54) is 53.5 Å². The van der Waals surface area contributed by atoms with Crippen molar-refractivity contribution in [2.75, 3.05) is 0 Å². The summed E-state index contributed by atoms with van der Waals surface area (Å²) >= 11 is 1.80. The SMILES string of the molecule is Cc1ccccc1CN1C2CCC1CC(=C(c1ccccc1)c1ccsc1)C2. The number of thiophene rings is 1. The summed E-state index contributed by atoms with van der Waals surface area (Å²) < 4.78 is 0. The molecule has 2 aliphatic rings. The van der Waals surface area contributed by atoms with Gasteiger partial charge >= 0.3 is 0 Å². The van der Waals surface area contributed by atoms with Crippen LogP contribution >= 0.6 is 11.3 Å². The third-order valence-corrected chi connectivity index (χ3v) is 7.26. The van der Waals surface area contributed by atoms with Crippen molar-refractivity contribution in [1.29, 1.82) is 0 Å². The smallest absolute Gasteiger partial charge is 0.0242 e. The van der Waals surface area contributed by atoms with Gasteiger partial charge in [0.25, 0.3) is 0 Å². The molecule has 2 fully saturated rings. The van der Waals surface area contributed by atoms with Crippen LogP contribution in [0.1, 0.15) is 47.9 Å². The van der Waals surface area contributed by atoms with Gasteiger partial charge in [0.15, 0.2) is 0 Å². The Morgan fingerprint density at radius 3 is 2.29 bits per heavy atom. The van der Waals surface area contributed by atoms with E-state index in [2.05, 4.69) is 83.2 Å². The number of hydrogen-bond acceptors (Lipinski definition) is 2. The Balaban J connectivity index is 1.48. The summed E-state index contributed by atoms with van der Waals surface area (Å²) in [6, 6.07) is 23.6. The summed E-state index contributed by atoms with van der Waals surface area (Å²) in [5, 5.41) is 4.53. The van der Waals surface area contributed by atoms with E-state index in [4.69, 9.17) is 0 Å². The predicted octanol–water partition coefficient (Wildman–Crippen LogP) is 6.69. The van der Waals surface area contributed by atoms with Gasteiger partial charge in [0.05, 0.1) is 0 Å².